The first-order valence-electron chi connectivity index (χ1n) is 10.8. The normalized spacial score (nSPS) is 12.5. The molecule has 0 bridgehead atoms. The zero-order valence-corrected chi connectivity index (χ0v) is 18.6. The number of benzene rings is 2. The van der Waals surface area contributed by atoms with Crippen molar-refractivity contribution in [3.8, 4) is 11.5 Å². The van der Waals surface area contributed by atoms with Crippen molar-refractivity contribution in [1.82, 2.24) is 9.88 Å². The summed E-state index contributed by atoms with van der Waals surface area (Å²) in [5.41, 5.74) is 4.34. The first kappa shape index (κ1) is 21.6. The third-order valence-corrected chi connectivity index (χ3v) is 5.71. The number of pyridine rings is 1. The highest BCUT2D eigenvalue weighted by atomic mass is 16.6. The van der Waals surface area contributed by atoms with Crippen LogP contribution in [0.5, 0.6) is 11.5 Å². The van der Waals surface area contributed by atoms with Gasteiger partial charge in [0.05, 0.1) is 18.5 Å². The van der Waals surface area contributed by atoms with Gasteiger partial charge in [0.25, 0.3) is 0 Å². The van der Waals surface area contributed by atoms with E-state index >= 15 is 0 Å². The van der Waals surface area contributed by atoms with Gasteiger partial charge in [0.1, 0.15) is 13.2 Å². The molecule has 32 heavy (non-hydrogen) atoms. The summed E-state index contributed by atoms with van der Waals surface area (Å²) in [4.78, 5) is 31.9. The minimum absolute atomic E-state index is 0.0249. The van der Waals surface area contributed by atoms with E-state index in [1.54, 1.807) is 23.1 Å². The number of nitrogens with zero attached hydrogens (tertiary/aromatic N) is 2. The Morgan fingerprint density at radius 2 is 1.81 bits per heavy atom. The Bertz CT molecular complexity index is 1180. The van der Waals surface area contributed by atoms with Gasteiger partial charge in [0, 0.05) is 29.4 Å². The lowest BCUT2D eigenvalue weighted by molar-refractivity contribution is -0.133. The minimum atomic E-state index is -0.262. The largest absolute Gasteiger partial charge is 0.486 e. The first-order chi connectivity index (χ1) is 15.5. The van der Waals surface area contributed by atoms with Crippen LogP contribution in [0.2, 0.25) is 0 Å². The average molecular weight is 434 g/mol. The molecule has 1 aliphatic rings. The first-order valence-corrected chi connectivity index (χ1v) is 10.8. The highest BCUT2D eigenvalue weighted by Crippen LogP contribution is 2.32. The van der Waals surface area contributed by atoms with Crippen LogP contribution in [0.15, 0.2) is 42.5 Å². The molecule has 0 saturated heterocycles. The molecule has 2 amide bonds. The molecule has 0 radical (unpaired) electrons. The topological polar surface area (TPSA) is 80.8 Å². The highest BCUT2D eigenvalue weighted by Gasteiger charge is 2.20. The number of nitrogens with one attached hydrogen (secondary N) is 1. The molecule has 0 fully saturated rings. The molecule has 7 nitrogen and oxygen atoms in total. The zero-order chi connectivity index (χ0) is 22.7. The van der Waals surface area contributed by atoms with E-state index in [-0.39, 0.29) is 24.8 Å². The summed E-state index contributed by atoms with van der Waals surface area (Å²) in [5, 5.41) is 3.88. The lowest BCUT2D eigenvalue weighted by atomic mass is 9.99. The standard InChI is InChI=1S/C25H27N3O4/c1-4-28(15-24(29)27-18-9-10-22-23(13-18)32-12-11-31-22)25(30)14-20-16(2)19-7-5-6-8-21(19)26-17(20)3/h5-10,13H,4,11-12,14-15H2,1-3H3,(H,27,29). The lowest BCUT2D eigenvalue weighted by Gasteiger charge is -2.22. The number of aryl methyl sites for hydroxylation is 2. The van der Waals surface area contributed by atoms with Crippen LogP contribution < -0.4 is 14.8 Å². The van der Waals surface area contributed by atoms with E-state index in [2.05, 4.69) is 10.3 Å². The molecule has 3 aromatic rings. The van der Waals surface area contributed by atoms with E-state index in [0.717, 1.165) is 27.7 Å². The molecule has 1 N–H and O–H groups in total. The molecular formula is C25H27N3O4. The maximum absolute atomic E-state index is 13.0. The van der Waals surface area contributed by atoms with Crippen LogP contribution in [-0.4, -0.2) is 48.0 Å². The van der Waals surface area contributed by atoms with Crippen molar-refractivity contribution < 1.29 is 19.1 Å². The number of carbonyl (C=O) groups is 2. The Labute approximate surface area is 187 Å². The van der Waals surface area contributed by atoms with E-state index in [9.17, 15) is 9.59 Å². The Kier molecular flexibility index (Phi) is 6.25. The molecule has 166 valence electrons. The van der Waals surface area contributed by atoms with E-state index in [1.165, 1.54) is 0 Å². The maximum Gasteiger partial charge on any atom is 0.243 e. The summed E-state index contributed by atoms with van der Waals surface area (Å²) >= 11 is 0. The summed E-state index contributed by atoms with van der Waals surface area (Å²) in [7, 11) is 0. The Morgan fingerprint density at radius 3 is 2.59 bits per heavy atom. The van der Waals surface area contributed by atoms with E-state index in [4.69, 9.17) is 9.47 Å². The molecule has 0 spiro atoms. The van der Waals surface area contributed by atoms with Gasteiger partial charge in [-0.25, -0.2) is 0 Å². The van der Waals surface area contributed by atoms with Gasteiger partial charge >= 0.3 is 0 Å². The summed E-state index contributed by atoms with van der Waals surface area (Å²) in [6.07, 6.45) is 0.209. The smallest absolute Gasteiger partial charge is 0.243 e. The van der Waals surface area contributed by atoms with Crippen molar-refractivity contribution in [2.24, 2.45) is 0 Å². The van der Waals surface area contributed by atoms with E-state index in [1.807, 2.05) is 45.0 Å². The number of amides is 2. The van der Waals surface area contributed by atoms with Crippen LogP contribution in [0, 0.1) is 13.8 Å². The predicted octanol–water partition coefficient (Wildman–Crippen LogP) is 3.65. The molecular weight excluding hydrogens is 406 g/mol. The minimum Gasteiger partial charge on any atom is -0.486 e. The zero-order valence-electron chi connectivity index (χ0n) is 18.6. The lowest BCUT2D eigenvalue weighted by Crippen LogP contribution is -2.39. The summed E-state index contributed by atoms with van der Waals surface area (Å²) in [6.45, 7) is 7.21. The second kappa shape index (κ2) is 9.26. The quantitative estimate of drug-likeness (QED) is 0.642. The monoisotopic (exact) mass is 433 g/mol. The van der Waals surface area contributed by atoms with Crippen molar-refractivity contribution in [2.45, 2.75) is 27.2 Å². The number of hydrogen-bond acceptors (Lipinski definition) is 5. The van der Waals surface area contributed by atoms with E-state index < -0.39 is 0 Å². The molecule has 0 aliphatic carbocycles. The highest BCUT2D eigenvalue weighted by molar-refractivity contribution is 5.95. The number of para-hydroxylation sites is 1. The van der Waals surface area contributed by atoms with Crippen LogP contribution >= 0.6 is 0 Å². The molecule has 0 atom stereocenters. The van der Waals surface area contributed by atoms with Gasteiger partial charge in [0.15, 0.2) is 11.5 Å². The number of carbonyl (C=O) groups excluding carboxylic acids is 2. The van der Waals surface area contributed by atoms with Gasteiger partial charge in [-0.15, -0.1) is 0 Å². The fraction of sp³-hybridized carbons (Fsp3) is 0.320. The van der Waals surface area contributed by atoms with Gasteiger partial charge < -0.3 is 19.7 Å². The number of fused-ring (bicyclic) bond motifs is 2. The van der Waals surface area contributed by atoms with E-state index in [0.29, 0.717) is 36.9 Å². The average Bonchev–Trinajstić information content (AvgIpc) is 2.80. The predicted molar refractivity (Wildman–Crippen MR) is 123 cm³/mol. The number of likely N-dealkylation sites (N-methyl/N-ethyl adjacent to an activating group) is 1. The van der Waals surface area contributed by atoms with Crippen molar-refractivity contribution >= 4 is 28.4 Å². The van der Waals surface area contributed by atoms with Gasteiger partial charge in [-0.3, -0.25) is 14.6 Å². The Balaban J connectivity index is 1.44. The number of hydrogen-bond donors (Lipinski definition) is 1. The van der Waals surface area contributed by atoms with Crippen LogP contribution in [0.4, 0.5) is 5.69 Å². The number of anilines is 1. The molecule has 2 heterocycles. The Morgan fingerprint density at radius 1 is 1.06 bits per heavy atom. The number of rotatable bonds is 6. The van der Waals surface area contributed by atoms with Crippen molar-refractivity contribution in [3.63, 3.8) is 0 Å². The van der Waals surface area contributed by atoms with Crippen LogP contribution in [-0.2, 0) is 16.0 Å². The summed E-state index contributed by atoms with van der Waals surface area (Å²) < 4.78 is 11.1. The molecule has 1 aliphatic heterocycles. The fourth-order valence-corrected chi connectivity index (χ4v) is 3.97. The van der Waals surface area contributed by atoms with Gasteiger partial charge in [-0.1, -0.05) is 18.2 Å². The van der Waals surface area contributed by atoms with Crippen LogP contribution in [0.1, 0.15) is 23.7 Å². The summed E-state index contributed by atoms with van der Waals surface area (Å²) in [5.74, 6) is 0.900. The van der Waals surface area contributed by atoms with Gasteiger partial charge in [-0.2, -0.15) is 0 Å². The third-order valence-electron chi connectivity index (χ3n) is 5.71. The van der Waals surface area contributed by atoms with Crippen LogP contribution in [0.3, 0.4) is 0 Å². The number of ether oxygens (including phenoxy) is 2. The molecule has 2 aromatic carbocycles. The molecule has 0 unspecified atom stereocenters. The van der Waals surface area contributed by atoms with Crippen LogP contribution in [0.25, 0.3) is 10.9 Å². The van der Waals surface area contributed by atoms with Crippen molar-refractivity contribution in [1.29, 1.82) is 0 Å². The summed E-state index contributed by atoms with van der Waals surface area (Å²) in [6, 6.07) is 13.2. The van der Waals surface area contributed by atoms with Gasteiger partial charge in [-0.05, 0) is 50.1 Å². The Hall–Kier alpha value is -3.61. The molecule has 0 saturated carbocycles. The molecule has 7 heteroatoms. The third kappa shape index (κ3) is 4.51. The number of aromatic nitrogens is 1. The SMILES string of the molecule is CCN(CC(=O)Nc1ccc2c(c1)OCCO2)C(=O)Cc1c(C)nc2ccccc2c1C. The second-order valence-corrected chi connectivity index (χ2v) is 7.81. The van der Waals surface area contributed by atoms with Crippen molar-refractivity contribution in [2.75, 3.05) is 31.6 Å². The molecule has 4 rings (SSSR count). The maximum atomic E-state index is 13.0. The fourth-order valence-electron chi connectivity index (χ4n) is 3.97. The second-order valence-electron chi connectivity index (χ2n) is 7.81. The van der Waals surface area contributed by atoms with Crippen molar-refractivity contribution in [3.05, 3.63) is 59.3 Å². The molecule has 1 aromatic heterocycles. The van der Waals surface area contributed by atoms with Gasteiger partial charge in [0.2, 0.25) is 11.8 Å².